The van der Waals surface area contributed by atoms with Crippen molar-refractivity contribution in [1.82, 2.24) is 20.3 Å². The molecule has 256 valence electrons. The summed E-state index contributed by atoms with van der Waals surface area (Å²) in [4.78, 5) is 26.9. The van der Waals surface area contributed by atoms with Gasteiger partial charge in [-0.2, -0.15) is 4.31 Å². The van der Waals surface area contributed by atoms with Gasteiger partial charge >= 0.3 is 0 Å². The lowest BCUT2D eigenvalue weighted by atomic mass is 9.85. The molecular formula is C35H48FN5O5S. The lowest BCUT2D eigenvalue weighted by Gasteiger charge is -2.34. The van der Waals surface area contributed by atoms with Crippen LogP contribution < -0.4 is 21.7 Å². The number of aliphatic hydroxyl groups excluding tert-OH is 1. The van der Waals surface area contributed by atoms with Crippen molar-refractivity contribution < 1.29 is 34.4 Å². The van der Waals surface area contributed by atoms with Gasteiger partial charge in [-0.15, -0.1) is 0 Å². The fourth-order valence-corrected chi connectivity index (χ4v) is 6.52. The summed E-state index contributed by atoms with van der Waals surface area (Å²) < 4.78 is 83.4. The van der Waals surface area contributed by atoms with Crippen molar-refractivity contribution in [2.75, 3.05) is 25.4 Å². The first-order valence-corrected chi connectivity index (χ1v) is 16.7. The second-order valence-electron chi connectivity index (χ2n) is 12.9. The molecule has 0 aliphatic carbocycles. The second kappa shape index (κ2) is 16.8. The van der Waals surface area contributed by atoms with Gasteiger partial charge in [0.2, 0.25) is 21.8 Å². The Balaban J connectivity index is 1.96. The van der Waals surface area contributed by atoms with Crippen molar-refractivity contribution in [2.45, 2.75) is 70.7 Å². The molecule has 0 fully saturated rings. The molecule has 47 heavy (non-hydrogen) atoms. The van der Waals surface area contributed by atoms with Crippen LogP contribution in [0.3, 0.4) is 0 Å². The minimum absolute atomic E-state index is 0.0349. The predicted octanol–water partition coefficient (Wildman–Crippen LogP) is 3.46. The SMILES string of the molecule is [2H]c1c([2H])c([2H])c(C[C@H](NC(=O)[C@@H](NC(=O)CNCc2cccc(F)c2)C(C)(C)C)[C@H](O)CN(CC(C)C)S(=O)(=O)c2cccc(N)c2)c([2H])c1[2H]. The van der Waals surface area contributed by atoms with Crippen LogP contribution >= 0.6 is 0 Å². The smallest absolute Gasteiger partial charge is 0.243 e. The van der Waals surface area contributed by atoms with Crippen molar-refractivity contribution in [3.63, 3.8) is 0 Å². The molecule has 3 aromatic carbocycles. The maximum Gasteiger partial charge on any atom is 0.243 e. The van der Waals surface area contributed by atoms with E-state index < -0.39 is 94.4 Å². The summed E-state index contributed by atoms with van der Waals surface area (Å²) in [5, 5.41) is 20.0. The number of amides is 2. The number of hydrogen-bond donors (Lipinski definition) is 5. The summed E-state index contributed by atoms with van der Waals surface area (Å²) in [7, 11) is -4.23. The maximum atomic E-state index is 14.0. The monoisotopic (exact) mass is 674 g/mol. The molecule has 0 bridgehead atoms. The number of benzene rings is 3. The zero-order valence-electron chi connectivity index (χ0n) is 32.4. The lowest BCUT2D eigenvalue weighted by molar-refractivity contribution is -0.132. The molecule has 0 heterocycles. The first-order chi connectivity index (χ1) is 24.1. The van der Waals surface area contributed by atoms with Gasteiger partial charge in [-0.3, -0.25) is 9.59 Å². The minimum Gasteiger partial charge on any atom is -0.399 e. The number of nitrogens with one attached hydrogen (secondary N) is 3. The van der Waals surface area contributed by atoms with E-state index in [1.54, 1.807) is 40.7 Å². The Kier molecular flexibility index (Phi) is 10.9. The van der Waals surface area contributed by atoms with Crippen molar-refractivity contribution in [1.29, 1.82) is 0 Å². The van der Waals surface area contributed by atoms with Gasteiger partial charge in [0.15, 0.2) is 0 Å². The van der Waals surface area contributed by atoms with Crippen LogP contribution in [0.5, 0.6) is 0 Å². The third-order valence-corrected chi connectivity index (χ3v) is 8.99. The molecule has 6 N–H and O–H groups in total. The highest BCUT2D eigenvalue weighted by Crippen LogP contribution is 2.23. The Morgan fingerprint density at radius 2 is 1.68 bits per heavy atom. The van der Waals surface area contributed by atoms with Crippen molar-refractivity contribution >= 4 is 27.5 Å². The first kappa shape index (κ1) is 30.5. The molecule has 0 radical (unpaired) electrons. The molecule has 0 saturated heterocycles. The lowest BCUT2D eigenvalue weighted by Crippen LogP contribution is -2.59. The van der Waals surface area contributed by atoms with Crippen LogP contribution in [-0.4, -0.2) is 67.5 Å². The topological polar surface area (TPSA) is 154 Å². The normalized spacial score (nSPS) is 15.6. The fraction of sp³-hybridized carbons (Fsp3) is 0.429. The van der Waals surface area contributed by atoms with Gasteiger partial charge in [-0.1, -0.05) is 83.0 Å². The molecule has 3 atom stereocenters. The molecule has 2 amide bonds. The standard InChI is InChI=1S/C35H48FN5O5S/c1-24(2)22-41(47(45,46)29-16-10-15-28(37)19-29)23-31(42)30(18-25-11-7-6-8-12-25)39-34(44)33(35(3,4)5)40-32(43)21-38-20-26-13-9-14-27(36)17-26/h6-17,19,24,30-31,33,38,42H,18,20-23,37H2,1-5H3,(H,39,44)(H,40,43)/t30-,31+,33+/m0/s1/i6D,7D,8D,11D,12D. The molecule has 0 unspecified atom stereocenters. The van der Waals surface area contributed by atoms with Gasteiger partial charge in [0.05, 0.1) is 30.4 Å². The number of halogens is 1. The highest BCUT2D eigenvalue weighted by molar-refractivity contribution is 7.89. The Morgan fingerprint density at radius 3 is 2.30 bits per heavy atom. The van der Waals surface area contributed by atoms with E-state index in [0.717, 1.165) is 4.31 Å². The number of carbonyl (C=O) groups is 2. The Bertz CT molecular complexity index is 1830. The third kappa shape index (κ3) is 11.7. The van der Waals surface area contributed by atoms with E-state index in [0.29, 0.717) is 5.56 Å². The number of aliphatic hydroxyl groups is 1. The van der Waals surface area contributed by atoms with Gasteiger partial charge in [0.25, 0.3) is 0 Å². The third-order valence-electron chi connectivity index (χ3n) is 7.16. The highest BCUT2D eigenvalue weighted by atomic mass is 32.2. The number of hydrogen-bond acceptors (Lipinski definition) is 7. The Labute approximate surface area is 285 Å². The fourth-order valence-electron chi connectivity index (χ4n) is 4.84. The van der Waals surface area contributed by atoms with Crippen LogP contribution in [0, 0.1) is 17.2 Å². The number of nitrogens with zero attached hydrogens (tertiary/aromatic N) is 1. The van der Waals surface area contributed by atoms with E-state index in [4.69, 9.17) is 12.6 Å². The number of rotatable bonds is 16. The molecule has 0 spiro atoms. The van der Waals surface area contributed by atoms with Crippen LogP contribution in [0.25, 0.3) is 0 Å². The molecule has 0 aliphatic heterocycles. The molecular weight excluding hydrogens is 621 g/mol. The van der Waals surface area contributed by atoms with E-state index in [-0.39, 0.29) is 41.7 Å². The number of anilines is 1. The molecule has 3 aromatic rings. The van der Waals surface area contributed by atoms with Gasteiger partial charge in [-0.05, 0) is 59.2 Å². The summed E-state index contributed by atoms with van der Waals surface area (Å²) in [6.07, 6.45) is -2.14. The highest BCUT2D eigenvalue weighted by Gasteiger charge is 2.36. The predicted molar refractivity (Wildman–Crippen MR) is 182 cm³/mol. The second-order valence-corrected chi connectivity index (χ2v) is 14.8. The van der Waals surface area contributed by atoms with Gasteiger partial charge in [0, 0.05) is 25.3 Å². The summed E-state index contributed by atoms with van der Waals surface area (Å²) in [5.41, 5.74) is 5.57. The van der Waals surface area contributed by atoms with Crippen LogP contribution in [0.1, 0.15) is 52.6 Å². The Hall–Kier alpha value is -3.84. The van der Waals surface area contributed by atoms with Crippen LogP contribution in [0.4, 0.5) is 10.1 Å². The zero-order valence-corrected chi connectivity index (χ0v) is 28.2. The van der Waals surface area contributed by atoms with E-state index >= 15 is 0 Å². The molecule has 0 saturated carbocycles. The molecule has 12 heteroatoms. The largest absolute Gasteiger partial charge is 0.399 e. The van der Waals surface area contributed by atoms with E-state index in [9.17, 15) is 27.5 Å². The average Bonchev–Trinajstić information content (AvgIpc) is 3.05. The molecule has 0 aromatic heterocycles. The zero-order chi connectivity index (χ0) is 39.1. The summed E-state index contributed by atoms with van der Waals surface area (Å²) in [6.45, 7) is 8.02. The maximum absolute atomic E-state index is 14.0. The van der Waals surface area contributed by atoms with Gasteiger partial charge in [-0.25, -0.2) is 12.8 Å². The van der Waals surface area contributed by atoms with Crippen molar-refractivity contribution in [2.24, 2.45) is 11.3 Å². The van der Waals surface area contributed by atoms with Gasteiger partial charge in [0.1, 0.15) is 11.9 Å². The molecule has 0 aliphatic rings. The van der Waals surface area contributed by atoms with Crippen molar-refractivity contribution in [3.8, 4) is 0 Å². The molecule has 10 nitrogen and oxygen atoms in total. The number of nitrogens with two attached hydrogens (primary N) is 1. The van der Waals surface area contributed by atoms with Crippen molar-refractivity contribution in [3.05, 3.63) is 95.7 Å². The van der Waals surface area contributed by atoms with Crippen LogP contribution in [0.15, 0.2) is 83.6 Å². The van der Waals surface area contributed by atoms with E-state index in [1.165, 1.54) is 42.5 Å². The Morgan fingerprint density at radius 1 is 1.00 bits per heavy atom. The molecule has 3 rings (SSSR count). The van der Waals surface area contributed by atoms with Crippen LogP contribution in [0.2, 0.25) is 0 Å². The number of carbonyl (C=O) groups excluding carboxylic acids is 2. The quantitative estimate of drug-likeness (QED) is 0.146. The number of sulfonamides is 1. The van der Waals surface area contributed by atoms with E-state index in [1.807, 2.05) is 0 Å². The summed E-state index contributed by atoms with van der Waals surface area (Å²) >= 11 is 0. The van der Waals surface area contributed by atoms with Gasteiger partial charge < -0.3 is 26.8 Å². The summed E-state index contributed by atoms with van der Waals surface area (Å²) in [5.74, 6) is -1.96. The summed E-state index contributed by atoms with van der Waals surface area (Å²) in [6, 6.07) is 5.93. The first-order valence-electron chi connectivity index (χ1n) is 17.8. The van der Waals surface area contributed by atoms with E-state index in [2.05, 4.69) is 16.0 Å². The minimum atomic E-state index is -4.23. The van der Waals surface area contributed by atoms with Crippen LogP contribution in [-0.2, 0) is 32.6 Å². The average molecular weight is 675 g/mol. The number of nitrogen functional groups attached to an aromatic ring is 1.